The number of benzene rings is 1. The molecule has 160 valence electrons. The molecule has 3 rings (SSSR count). The van der Waals surface area contributed by atoms with E-state index in [1.54, 1.807) is 6.07 Å². The van der Waals surface area contributed by atoms with Crippen LogP contribution in [0.15, 0.2) is 30.6 Å². The number of unbranched alkanes of at least 4 members (excludes halogenated alkanes) is 4. The molecule has 1 heterocycles. The molecule has 4 nitrogen and oxygen atoms in total. The second-order valence-electron chi connectivity index (χ2n) is 8.40. The number of aromatic nitrogens is 2. The van der Waals surface area contributed by atoms with E-state index in [0.717, 1.165) is 37.9 Å². The van der Waals surface area contributed by atoms with Crippen LogP contribution in [0.4, 0.5) is 4.39 Å². The monoisotopic (exact) mass is 409 g/mol. The van der Waals surface area contributed by atoms with Gasteiger partial charge >= 0.3 is 0 Å². The summed E-state index contributed by atoms with van der Waals surface area (Å²) < 4.78 is 19.4. The first-order valence-electron chi connectivity index (χ1n) is 11.3. The van der Waals surface area contributed by atoms with Crippen molar-refractivity contribution in [2.45, 2.75) is 77.0 Å². The fourth-order valence-corrected chi connectivity index (χ4v) is 4.12. The summed E-state index contributed by atoms with van der Waals surface area (Å²) in [5, 5.41) is 8.80. The molecule has 1 aliphatic carbocycles. The predicted molar refractivity (Wildman–Crippen MR) is 116 cm³/mol. The zero-order valence-corrected chi connectivity index (χ0v) is 17.9. The molecule has 0 radical (unpaired) electrons. The summed E-state index contributed by atoms with van der Waals surface area (Å²) >= 11 is 0. The minimum absolute atomic E-state index is 0.0466. The number of hydrogen-bond acceptors (Lipinski definition) is 4. The predicted octanol–water partition coefficient (Wildman–Crippen LogP) is 6.35. The van der Waals surface area contributed by atoms with E-state index < -0.39 is 5.82 Å². The van der Waals surface area contributed by atoms with Gasteiger partial charge in [-0.15, -0.1) is 0 Å². The second kappa shape index (κ2) is 11.6. The summed E-state index contributed by atoms with van der Waals surface area (Å²) in [5.74, 6) is 1.82. The minimum Gasteiger partial charge on any atom is -0.493 e. The van der Waals surface area contributed by atoms with Crippen LogP contribution in [-0.4, -0.2) is 16.6 Å². The molecule has 2 aromatic rings. The summed E-state index contributed by atoms with van der Waals surface area (Å²) in [4.78, 5) is 9.30. The normalized spacial score (nSPS) is 18.7. The Balaban J connectivity index is 1.39. The highest BCUT2D eigenvalue weighted by Crippen LogP contribution is 2.34. The summed E-state index contributed by atoms with van der Waals surface area (Å²) in [5.41, 5.74) is 1.29. The highest BCUT2D eigenvalue weighted by atomic mass is 19.1. The summed E-state index contributed by atoms with van der Waals surface area (Å²) in [6.07, 6.45) is 15.8. The third-order valence-electron chi connectivity index (χ3n) is 6.05. The number of hydrogen-bond donors (Lipinski definition) is 0. The molecule has 1 saturated carbocycles. The SMILES string of the molecule is CCCCCCCc1cnc(C2CCC(COc3ccc(C#N)c(F)c3)CC2)nc1. The van der Waals surface area contributed by atoms with Crippen molar-refractivity contribution in [2.75, 3.05) is 6.61 Å². The van der Waals surface area contributed by atoms with Gasteiger partial charge in [-0.25, -0.2) is 14.4 Å². The maximum absolute atomic E-state index is 13.7. The summed E-state index contributed by atoms with van der Waals surface area (Å²) in [6.45, 7) is 2.82. The van der Waals surface area contributed by atoms with Crippen molar-refractivity contribution >= 4 is 0 Å². The van der Waals surface area contributed by atoms with E-state index in [-0.39, 0.29) is 5.56 Å². The number of ether oxygens (including phenoxy) is 1. The zero-order valence-electron chi connectivity index (χ0n) is 17.9. The van der Waals surface area contributed by atoms with Crippen LogP contribution >= 0.6 is 0 Å². The van der Waals surface area contributed by atoms with Gasteiger partial charge in [-0.1, -0.05) is 32.6 Å². The largest absolute Gasteiger partial charge is 0.493 e. The third kappa shape index (κ3) is 6.52. The van der Waals surface area contributed by atoms with E-state index in [0.29, 0.717) is 24.2 Å². The van der Waals surface area contributed by atoms with Gasteiger partial charge in [-0.05, 0) is 62.1 Å². The number of rotatable bonds is 10. The number of nitriles is 1. The van der Waals surface area contributed by atoms with Crippen molar-refractivity contribution < 1.29 is 9.13 Å². The van der Waals surface area contributed by atoms with Crippen LogP contribution in [0.3, 0.4) is 0 Å². The maximum atomic E-state index is 13.7. The van der Waals surface area contributed by atoms with Gasteiger partial charge in [0.05, 0.1) is 12.2 Å². The van der Waals surface area contributed by atoms with Crippen molar-refractivity contribution in [1.82, 2.24) is 9.97 Å². The van der Waals surface area contributed by atoms with Crippen LogP contribution in [-0.2, 0) is 6.42 Å². The van der Waals surface area contributed by atoms with Crippen LogP contribution < -0.4 is 4.74 Å². The first-order chi connectivity index (χ1) is 14.7. The molecule has 0 aliphatic heterocycles. The third-order valence-corrected chi connectivity index (χ3v) is 6.05. The Morgan fingerprint density at radius 2 is 1.80 bits per heavy atom. The molecule has 0 bridgehead atoms. The quantitative estimate of drug-likeness (QED) is 0.429. The molecular formula is C25H32FN3O. The van der Waals surface area contributed by atoms with Crippen LogP contribution in [0.25, 0.3) is 0 Å². The van der Waals surface area contributed by atoms with Gasteiger partial charge < -0.3 is 4.74 Å². The van der Waals surface area contributed by atoms with Gasteiger partial charge in [0.2, 0.25) is 0 Å². The van der Waals surface area contributed by atoms with Crippen LogP contribution in [0.1, 0.15) is 87.6 Å². The van der Waals surface area contributed by atoms with E-state index in [1.165, 1.54) is 49.8 Å². The molecule has 0 spiro atoms. The molecule has 1 aromatic heterocycles. The minimum atomic E-state index is -0.528. The van der Waals surface area contributed by atoms with Gasteiger partial charge in [-0.2, -0.15) is 5.26 Å². The maximum Gasteiger partial charge on any atom is 0.144 e. The Bertz CT molecular complexity index is 823. The Morgan fingerprint density at radius 1 is 1.07 bits per heavy atom. The second-order valence-corrected chi connectivity index (χ2v) is 8.40. The number of halogens is 1. The van der Waals surface area contributed by atoms with E-state index in [9.17, 15) is 4.39 Å². The molecule has 1 aliphatic rings. The van der Waals surface area contributed by atoms with Gasteiger partial charge in [0.1, 0.15) is 23.5 Å². The van der Waals surface area contributed by atoms with Crippen LogP contribution in [0.2, 0.25) is 0 Å². The first-order valence-corrected chi connectivity index (χ1v) is 11.3. The molecule has 0 saturated heterocycles. The molecule has 1 fully saturated rings. The van der Waals surface area contributed by atoms with E-state index in [1.807, 2.05) is 18.5 Å². The van der Waals surface area contributed by atoms with Crippen LogP contribution in [0, 0.1) is 23.1 Å². The number of aryl methyl sites for hydroxylation is 1. The molecule has 30 heavy (non-hydrogen) atoms. The Labute approximate surface area is 179 Å². The highest BCUT2D eigenvalue weighted by molar-refractivity contribution is 5.36. The van der Waals surface area contributed by atoms with Crippen molar-refractivity contribution in [3.63, 3.8) is 0 Å². The lowest BCUT2D eigenvalue weighted by atomic mass is 9.82. The average Bonchev–Trinajstić information content (AvgIpc) is 2.78. The lowest BCUT2D eigenvalue weighted by Crippen LogP contribution is -2.20. The van der Waals surface area contributed by atoms with Crippen molar-refractivity contribution in [2.24, 2.45) is 5.92 Å². The van der Waals surface area contributed by atoms with E-state index in [4.69, 9.17) is 10.00 Å². The lowest BCUT2D eigenvalue weighted by molar-refractivity contribution is 0.197. The average molecular weight is 410 g/mol. The Morgan fingerprint density at radius 3 is 2.47 bits per heavy atom. The lowest BCUT2D eigenvalue weighted by Gasteiger charge is -2.27. The van der Waals surface area contributed by atoms with E-state index in [2.05, 4.69) is 16.9 Å². The van der Waals surface area contributed by atoms with Gasteiger partial charge in [0, 0.05) is 24.4 Å². The first kappa shape index (κ1) is 22.2. The van der Waals surface area contributed by atoms with Crippen LogP contribution in [0.5, 0.6) is 5.75 Å². The van der Waals surface area contributed by atoms with E-state index >= 15 is 0 Å². The Kier molecular flexibility index (Phi) is 8.62. The topological polar surface area (TPSA) is 58.8 Å². The fraction of sp³-hybridized carbons (Fsp3) is 0.560. The molecule has 1 aromatic carbocycles. The molecule has 0 unspecified atom stereocenters. The standard InChI is InChI=1S/C25H32FN3O/c1-2-3-4-5-6-7-20-16-28-25(29-17-20)21-10-8-19(9-11-21)18-30-23-13-12-22(15-27)24(26)14-23/h12-14,16-17,19,21H,2-11,18H2,1H3. The van der Waals surface area contributed by atoms with Crippen molar-refractivity contribution in [1.29, 1.82) is 5.26 Å². The van der Waals surface area contributed by atoms with Crippen molar-refractivity contribution in [3.8, 4) is 11.8 Å². The highest BCUT2D eigenvalue weighted by Gasteiger charge is 2.24. The molecule has 0 atom stereocenters. The molecular weight excluding hydrogens is 377 g/mol. The number of nitrogens with zero attached hydrogens (tertiary/aromatic N) is 3. The molecule has 5 heteroatoms. The smallest absolute Gasteiger partial charge is 0.144 e. The molecule has 0 N–H and O–H groups in total. The van der Waals surface area contributed by atoms with Gasteiger partial charge in [0.25, 0.3) is 0 Å². The summed E-state index contributed by atoms with van der Waals surface area (Å²) in [7, 11) is 0. The van der Waals surface area contributed by atoms with Crippen molar-refractivity contribution in [3.05, 3.63) is 53.4 Å². The Hall–Kier alpha value is -2.48. The molecule has 0 amide bonds. The van der Waals surface area contributed by atoms with Gasteiger partial charge in [-0.3, -0.25) is 0 Å². The van der Waals surface area contributed by atoms with Gasteiger partial charge in [0.15, 0.2) is 0 Å². The fourth-order valence-electron chi connectivity index (χ4n) is 4.12. The summed E-state index contributed by atoms with van der Waals surface area (Å²) in [6, 6.07) is 6.25. The zero-order chi connectivity index (χ0) is 21.2.